The highest BCUT2D eigenvalue weighted by molar-refractivity contribution is 7.89. The van der Waals surface area contributed by atoms with E-state index in [1.165, 1.54) is 11.4 Å². The van der Waals surface area contributed by atoms with Gasteiger partial charge in [0.05, 0.1) is 0 Å². The van der Waals surface area contributed by atoms with Crippen LogP contribution < -0.4 is 0 Å². The molecule has 0 radical (unpaired) electrons. The molecule has 0 amide bonds. The molecule has 1 atom stereocenters. The van der Waals surface area contributed by atoms with E-state index < -0.39 is 26.8 Å². The molecule has 0 bridgehead atoms. The van der Waals surface area contributed by atoms with E-state index in [1.807, 2.05) is 13.8 Å². The number of aryl methyl sites for hydroxylation is 1. The average molecular weight is 337 g/mol. The number of rotatable bonds is 3. The number of hydrogen-bond acceptors (Lipinski definition) is 3. The fourth-order valence-corrected chi connectivity index (χ4v) is 5.57. The quantitative estimate of drug-likeness (QED) is 0.850. The zero-order valence-corrected chi connectivity index (χ0v) is 13.4. The van der Waals surface area contributed by atoms with Crippen LogP contribution in [0.5, 0.6) is 0 Å². The highest BCUT2D eigenvalue weighted by Gasteiger charge is 2.58. The van der Waals surface area contributed by atoms with Crippen molar-refractivity contribution in [3.63, 3.8) is 0 Å². The van der Waals surface area contributed by atoms with Gasteiger partial charge < -0.3 is 0 Å². The maximum absolute atomic E-state index is 13.0. The molecule has 5 nitrogen and oxygen atoms in total. The van der Waals surface area contributed by atoms with Gasteiger partial charge in [-0.25, -0.2) is 8.42 Å². The highest BCUT2D eigenvalue weighted by atomic mass is 32.2. The van der Waals surface area contributed by atoms with Gasteiger partial charge >= 0.3 is 6.18 Å². The fourth-order valence-electron chi connectivity index (χ4n) is 3.37. The molecule has 3 rings (SSSR count). The first-order valence-electron chi connectivity index (χ1n) is 7.07. The summed E-state index contributed by atoms with van der Waals surface area (Å²) >= 11 is 0. The first-order valence-corrected chi connectivity index (χ1v) is 8.51. The molecular formula is C13H18F3N3O2S. The second-order valence-electron chi connectivity index (χ2n) is 6.83. The van der Waals surface area contributed by atoms with Crippen molar-refractivity contribution in [1.82, 2.24) is 14.1 Å². The first-order chi connectivity index (χ1) is 9.94. The first kappa shape index (κ1) is 15.8. The molecule has 1 unspecified atom stereocenters. The molecule has 1 aromatic rings. The standard InChI is InChI=1S/C13H18F3N3O2S/c1-12(2)7-19(11(12)8-4-5-8)22(20,21)9-6-18(3)17-10(9)13(14,15)16/h6,8,11H,4-5,7H2,1-3H3. The number of sulfonamides is 1. The van der Waals surface area contributed by atoms with Crippen LogP contribution in [0.2, 0.25) is 0 Å². The van der Waals surface area contributed by atoms with Gasteiger partial charge in [-0.15, -0.1) is 0 Å². The zero-order valence-electron chi connectivity index (χ0n) is 12.6. The maximum atomic E-state index is 13.0. The summed E-state index contributed by atoms with van der Waals surface area (Å²) in [4.78, 5) is -0.747. The minimum Gasteiger partial charge on any atom is -0.274 e. The van der Waals surface area contributed by atoms with E-state index in [1.54, 1.807) is 0 Å². The van der Waals surface area contributed by atoms with Crippen LogP contribution in [-0.2, 0) is 23.2 Å². The Labute approximate surface area is 127 Å². The predicted molar refractivity (Wildman–Crippen MR) is 72.4 cm³/mol. The Morgan fingerprint density at radius 1 is 1.32 bits per heavy atom. The van der Waals surface area contributed by atoms with Crippen LogP contribution in [0.4, 0.5) is 13.2 Å². The van der Waals surface area contributed by atoms with Gasteiger partial charge in [-0.1, -0.05) is 13.8 Å². The van der Waals surface area contributed by atoms with E-state index in [-0.39, 0.29) is 23.9 Å². The van der Waals surface area contributed by atoms with Crippen LogP contribution in [0.1, 0.15) is 32.4 Å². The van der Waals surface area contributed by atoms with Gasteiger partial charge in [-0.3, -0.25) is 4.68 Å². The molecule has 2 heterocycles. The largest absolute Gasteiger partial charge is 0.436 e. The van der Waals surface area contributed by atoms with Crippen molar-refractivity contribution in [2.24, 2.45) is 18.4 Å². The van der Waals surface area contributed by atoms with Crippen LogP contribution in [0.15, 0.2) is 11.1 Å². The highest BCUT2D eigenvalue weighted by Crippen LogP contribution is 2.52. The molecule has 0 aromatic carbocycles. The molecule has 0 N–H and O–H groups in total. The summed E-state index contributed by atoms with van der Waals surface area (Å²) in [6, 6.07) is -0.223. The molecule has 1 aromatic heterocycles. The Hall–Kier alpha value is -1.09. The minimum absolute atomic E-state index is 0.200. The summed E-state index contributed by atoms with van der Waals surface area (Å²) in [6.45, 7) is 4.15. The molecule has 1 saturated heterocycles. The van der Waals surface area contributed by atoms with E-state index in [0.29, 0.717) is 0 Å². The van der Waals surface area contributed by atoms with Crippen LogP contribution >= 0.6 is 0 Å². The lowest BCUT2D eigenvalue weighted by atomic mass is 9.75. The number of aromatic nitrogens is 2. The Kier molecular flexibility index (Phi) is 3.21. The third kappa shape index (κ3) is 2.34. The molecule has 0 spiro atoms. The minimum atomic E-state index is -4.79. The smallest absolute Gasteiger partial charge is 0.274 e. The summed E-state index contributed by atoms with van der Waals surface area (Å²) in [5, 5.41) is 3.30. The zero-order chi connectivity index (χ0) is 16.5. The Morgan fingerprint density at radius 2 is 1.91 bits per heavy atom. The molecule has 22 heavy (non-hydrogen) atoms. The van der Waals surface area contributed by atoms with Gasteiger partial charge in [0.1, 0.15) is 4.90 Å². The van der Waals surface area contributed by atoms with Crippen molar-refractivity contribution in [3.05, 3.63) is 11.9 Å². The van der Waals surface area contributed by atoms with E-state index in [9.17, 15) is 21.6 Å². The molecule has 2 fully saturated rings. The van der Waals surface area contributed by atoms with Crippen molar-refractivity contribution in [3.8, 4) is 0 Å². The van der Waals surface area contributed by atoms with Gasteiger partial charge in [0, 0.05) is 25.8 Å². The lowest BCUT2D eigenvalue weighted by molar-refractivity contribution is -0.143. The van der Waals surface area contributed by atoms with Crippen molar-refractivity contribution >= 4 is 10.0 Å². The number of alkyl halides is 3. The Bertz CT molecular complexity index is 705. The van der Waals surface area contributed by atoms with Crippen molar-refractivity contribution in [1.29, 1.82) is 0 Å². The van der Waals surface area contributed by atoms with E-state index in [4.69, 9.17) is 0 Å². The topological polar surface area (TPSA) is 55.2 Å². The van der Waals surface area contributed by atoms with E-state index >= 15 is 0 Å². The summed E-state index contributed by atoms with van der Waals surface area (Å²) in [5.74, 6) is 0.254. The van der Waals surface area contributed by atoms with E-state index in [2.05, 4.69) is 5.10 Å². The average Bonchev–Trinajstić information content (AvgIpc) is 3.05. The molecule has 1 aliphatic carbocycles. The fraction of sp³-hybridized carbons (Fsp3) is 0.769. The van der Waals surface area contributed by atoms with Gasteiger partial charge in [-0.2, -0.15) is 22.6 Å². The van der Waals surface area contributed by atoms with Crippen LogP contribution in [-0.4, -0.2) is 35.1 Å². The normalized spacial score (nSPS) is 26.0. The second-order valence-corrected chi connectivity index (χ2v) is 8.69. The molecule has 2 aliphatic rings. The summed E-state index contributed by atoms with van der Waals surface area (Å²) in [5.41, 5.74) is -1.54. The number of hydrogen-bond donors (Lipinski definition) is 0. The maximum Gasteiger partial charge on any atom is 0.436 e. The summed E-state index contributed by atoms with van der Waals surface area (Å²) in [7, 11) is -2.91. The second kappa shape index (κ2) is 4.47. The number of nitrogens with zero attached hydrogens (tertiary/aromatic N) is 3. The molecule has 9 heteroatoms. The predicted octanol–water partition coefficient (Wildman–Crippen LogP) is 2.25. The van der Waals surface area contributed by atoms with Crippen LogP contribution in [0.3, 0.4) is 0 Å². The van der Waals surface area contributed by atoms with Crippen LogP contribution in [0, 0.1) is 11.3 Å². The van der Waals surface area contributed by atoms with Gasteiger partial charge in [0.25, 0.3) is 0 Å². The third-order valence-corrected chi connectivity index (χ3v) is 6.22. The summed E-state index contributed by atoms with van der Waals surface area (Å²) < 4.78 is 66.6. The Balaban J connectivity index is 2.01. The molecule has 1 aliphatic heterocycles. The summed E-state index contributed by atoms with van der Waals surface area (Å²) in [6.07, 6.45) is -1.99. The molecule has 1 saturated carbocycles. The number of halogens is 3. The molecule has 124 valence electrons. The third-order valence-electron chi connectivity index (χ3n) is 4.39. The lowest BCUT2D eigenvalue weighted by Gasteiger charge is -2.53. The van der Waals surface area contributed by atoms with Gasteiger partial charge in [0.15, 0.2) is 5.69 Å². The monoisotopic (exact) mass is 337 g/mol. The van der Waals surface area contributed by atoms with Crippen molar-refractivity contribution in [2.45, 2.75) is 43.8 Å². The van der Waals surface area contributed by atoms with Gasteiger partial charge in [-0.05, 0) is 24.2 Å². The lowest BCUT2D eigenvalue weighted by Crippen LogP contribution is -2.64. The van der Waals surface area contributed by atoms with Crippen molar-refractivity contribution < 1.29 is 21.6 Å². The Morgan fingerprint density at radius 3 is 2.36 bits per heavy atom. The van der Waals surface area contributed by atoms with E-state index in [0.717, 1.165) is 23.7 Å². The SMILES string of the molecule is Cn1cc(S(=O)(=O)N2CC(C)(C)C2C2CC2)c(C(F)(F)F)n1. The van der Waals surface area contributed by atoms with Crippen molar-refractivity contribution in [2.75, 3.05) is 6.54 Å². The molecular weight excluding hydrogens is 319 g/mol. The van der Waals surface area contributed by atoms with Gasteiger partial charge in [0.2, 0.25) is 10.0 Å². The van der Waals surface area contributed by atoms with Crippen LogP contribution in [0.25, 0.3) is 0 Å².